The number of aryl methyl sites for hydroxylation is 2. The van der Waals surface area contributed by atoms with Gasteiger partial charge >= 0.3 is 0 Å². The lowest BCUT2D eigenvalue weighted by Crippen LogP contribution is -2.29. The highest BCUT2D eigenvalue weighted by Crippen LogP contribution is 2.57. The zero-order valence-electron chi connectivity index (χ0n) is 36.3. The molecule has 0 fully saturated rings. The molecule has 0 saturated carbocycles. The first-order chi connectivity index (χ1) is 28.4. The molecule has 0 aromatic heterocycles. The van der Waals surface area contributed by atoms with Gasteiger partial charge in [-0.25, -0.2) is 0 Å². The molecule has 0 atom stereocenters. The van der Waals surface area contributed by atoms with Crippen molar-refractivity contribution in [1.82, 2.24) is 0 Å². The number of benzene rings is 6. The summed E-state index contributed by atoms with van der Waals surface area (Å²) in [5.41, 5.74) is 18.0. The number of hydrogen-bond acceptors (Lipinski definition) is 0. The molecule has 1 aliphatic carbocycles. The predicted molar refractivity (Wildman–Crippen MR) is 257 cm³/mol. The number of fused-ring (bicyclic) bond motifs is 3. The quantitative estimate of drug-likeness (QED) is 0.0763. The van der Waals surface area contributed by atoms with Gasteiger partial charge in [0.25, 0.3) is 0 Å². The Morgan fingerprint density at radius 1 is 0.458 bits per heavy atom. The van der Waals surface area contributed by atoms with Gasteiger partial charge in [-0.1, -0.05) is 212 Å². The van der Waals surface area contributed by atoms with E-state index < -0.39 is 5.41 Å². The molecular formula is C59H62. The van der Waals surface area contributed by atoms with E-state index in [-0.39, 0.29) is 10.8 Å². The van der Waals surface area contributed by atoms with Crippen LogP contribution in [0.25, 0.3) is 33.4 Å². The molecule has 0 radical (unpaired) electrons. The number of hydrogen-bond donors (Lipinski definition) is 0. The topological polar surface area (TPSA) is 0 Å². The molecule has 0 N–H and O–H groups in total. The second-order valence-electron chi connectivity index (χ2n) is 18.4. The standard InChI is InChI=1S/C59H62/c1-9-11-13-15-17-20-43-24-32-51(33-25-43)59(52-23-19-22-44(40-52)21-18-16-14-12-10-2)55-41-47(45-26-34-49(35-27-45)57(3,4)5)30-38-53(55)54-39-31-48(42-56(54)59)46-28-36-50(37-29-46)58(6,7)8/h9-14,19,22-42H,1-2,15-18,20-21H2,3-8H3/b13-11+,14-12+. The van der Waals surface area contributed by atoms with Crippen LogP contribution in [-0.2, 0) is 29.1 Å². The van der Waals surface area contributed by atoms with Crippen molar-refractivity contribution in [3.63, 3.8) is 0 Å². The third-order valence-electron chi connectivity index (χ3n) is 12.3. The average molecular weight is 771 g/mol. The van der Waals surface area contributed by atoms with Crippen molar-refractivity contribution in [2.75, 3.05) is 0 Å². The molecule has 0 bridgehead atoms. The number of rotatable bonds is 14. The Labute approximate surface area is 355 Å². The molecule has 0 heteroatoms. The molecule has 6 aromatic carbocycles. The van der Waals surface area contributed by atoms with E-state index in [4.69, 9.17) is 0 Å². The van der Waals surface area contributed by atoms with Gasteiger partial charge in [-0.3, -0.25) is 0 Å². The minimum absolute atomic E-state index is 0.0967. The Morgan fingerprint density at radius 2 is 0.915 bits per heavy atom. The second kappa shape index (κ2) is 17.6. The predicted octanol–water partition coefficient (Wildman–Crippen LogP) is 16.1. The summed E-state index contributed by atoms with van der Waals surface area (Å²) in [6.45, 7) is 21.4. The van der Waals surface area contributed by atoms with Gasteiger partial charge < -0.3 is 0 Å². The first-order valence-corrected chi connectivity index (χ1v) is 21.7. The van der Waals surface area contributed by atoms with Crippen LogP contribution in [0, 0.1) is 0 Å². The zero-order valence-corrected chi connectivity index (χ0v) is 36.3. The Balaban J connectivity index is 1.44. The van der Waals surface area contributed by atoms with Crippen LogP contribution < -0.4 is 0 Å². The van der Waals surface area contributed by atoms with E-state index in [0.29, 0.717) is 0 Å². The zero-order chi connectivity index (χ0) is 41.6. The molecule has 0 amide bonds. The molecule has 1 aliphatic rings. The molecular weight excluding hydrogens is 709 g/mol. The summed E-state index contributed by atoms with van der Waals surface area (Å²) in [4.78, 5) is 0. The van der Waals surface area contributed by atoms with Crippen LogP contribution in [0.4, 0.5) is 0 Å². The SMILES string of the molecule is C=C/C=C/CCCc1ccc(C2(c3cccc(CCC/C=C/C=C)c3)c3cc(-c4ccc(C(C)(C)C)cc4)ccc3-c3ccc(-c4ccc(C(C)(C)C)cc4)cc32)cc1. The Morgan fingerprint density at radius 3 is 1.37 bits per heavy atom. The van der Waals surface area contributed by atoms with Crippen molar-refractivity contribution in [3.8, 4) is 33.4 Å². The Hall–Kier alpha value is -5.72. The smallest absolute Gasteiger partial charge is 0.0714 e. The van der Waals surface area contributed by atoms with E-state index >= 15 is 0 Å². The van der Waals surface area contributed by atoms with E-state index in [9.17, 15) is 0 Å². The fraction of sp³-hybridized carbons (Fsp3) is 0.254. The summed E-state index contributed by atoms with van der Waals surface area (Å²) in [5.74, 6) is 0. The maximum atomic E-state index is 3.86. The van der Waals surface area contributed by atoms with Crippen molar-refractivity contribution in [2.45, 2.75) is 96.3 Å². The Kier molecular flexibility index (Phi) is 12.4. The van der Waals surface area contributed by atoms with Crippen molar-refractivity contribution in [2.24, 2.45) is 0 Å². The van der Waals surface area contributed by atoms with Gasteiger partial charge in [-0.05, 0) is 139 Å². The van der Waals surface area contributed by atoms with E-state index in [1.807, 2.05) is 18.2 Å². The summed E-state index contributed by atoms with van der Waals surface area (Å²) in [6.07, 6.45) is 18.6. The minimum Gasteiger partial charge on any atom is -0.0991 e. The van der Waals surface area contributed by atoms with Crippen molar-refractivity contribution in [3.05, 3.63) is 228 Å². The Bertz CT molecular complexity index is 2340. The van der Waals surface area contributed by atoms with E-state index in [0.717, 1.165) is 38.5 Å². The van der Waals surface area contributed by atoms with Crippen LogP contribution in [0.3, 0.4) is 0 Å². The van der Waals surface area contributed by atoms with E-state index in [1.165, 1.54) is 77.9 Å². The molecule has 0 unspecified atom stereocenters. The molecule has 0 saturated heterocycles. The molecule has 59 heavy (non-hydrogen) atoms. The first kappa shape index (κ1) is 41.4. The van der Waals surface area contributed by atoms with Gasteiger partial charge in [0.15, 0.2) is 0 Å². The maximum Gasteiger partial charge on any atom is 0.0714 e. The van der Waals surface area contributed by atoms with Crippen LogP contribution in [0.1, 0.15) is 112 Å². The summed E-state index contributed by atoms with van der Waals surface area (Å²) in [5, 5.41) is 0. The van der Waals surface area contributed by atoms with Crippen LogP contribution >= 0.6 is 0 Å². The summed E-state index contributed by atoms with van der Waals surface area (Å²) in [7, 11) is 0. The molecule has 7 rings (SSSR count). The molecule has 0 spiro atoms. The molecule has 298 valence electrons. The van der Waals surface area contributed by atoms with Crippen molar-refractivity contribution in [1.29, 1.82) is 0 Å². The highest BCUT2D eigenvalue weighted by atomic mass is 14.5. The lowest BCUT2D eigenvalue weighted by molar-refractivity contribution is 0.590. The summed E-state index contributed by atoms with van der Waals surface area (Å²) >= 11 is 0. The fourth-order valence-corrected chi connectivity index (χ4v) is 8.91. The second-order valence-corrected chi connectivity index (χ2v) is 18.4. The molecule has 0 aliphatic heterocycles. The van der Waals surface area contributed by atoms with Crippen LogP contribution in [0.15, 0.2) is 183 Å². The summed E-state index contributed by atoms with van der Waals surface area (Å²) in [6, 6.07) is 52.0. The lowest BCUT2D eigenvalue weighted by Gasteiger charge is -2.35. The van der Waals surface area contributed by atoms with Crippen molar-refractivity contribution < 1.29 is 0 Å². The summed E-state index contributed by atoms with van der Waals surface area (Å²) < 4.78 is 0. The van der Waals surface area contributed by atoms with Crippen LogP contribution in [0.2, 0.25) is 0 Å². The van der Waals surface area contributed by atoms with E-state index in [1.54, 1.807) is 0 Å². The number of unbranched alkanes of at least 4 members (excludes halogenated alkanes) is 2. The average Bonchev–Trinajstić information content (AvgIpc) is 3.53. The monoisotopic (exact) mass is 770 g/mol. The van der Waals surface area contributed by atoms with E-state index in [2.05, 4.69) is 206 Å². The normalized spacial score (nSPS) is 13.5. The van der Waals surface area contributed by atoms with Crippen molar-refractivity contribution >= 4 is 0 Å². The largest absolute Gasteiger partial charge is 0.0991 e. The van der Waals surface area contributed by atoms with Gasteiger partial charge in [0.1, 0.15) is 0 Å². The highest BCUT2D eigenvalue weighted by Gasteiger charge is 2.46. The van der Waals surface area contributed by atoms with Gasteiger partial charge in [-0.15, -0.1) is 0 Å². The third kappa shape index (κ3) is 8.84. The minimum atomic E-state index is -0.530. The first-order valence-electron chi connectivity index (χ1n) is 21.7. The fourth-order valence-electron chi connectivity index (χ4n) is 8.91. The van der Waals surface area contributed by atoms with Crippen LogP contribution in [0.5, 0.6) is 0 Å². The van der Waals surface area contributed by atoms with Gasteiger partial charge in [0, 0.05) is 0 Å². The van der Waals surface area contributed by atoms with Gasteiger partial charge in [0.05, 0.1) is 5.41 Å². The van der Waals surface area contributed by atoms with Gasteiger partial charge in [0.2, 0.25) is 0 Å². The lowest BCUT2D eigenvalue weighted by atomic mass is 9.66. The molecule has 0 nitrogen and oxygen atoms in total. The number of allylic oxidation sites excluding steroid dienone is 6. The maximum absolute atomic E-state index is 3.86. The van der Waals surface area contributed by atoms with Crippen LogP contribution in [-0.4, -0.2) is 0 Å². The highest BCUT2D eigenvalue weighted by molar-refractivity contribution is 5.90. The van der Waals surface area contributed by atoms with Gasteiger partial charge in [-0.2, -0.15) is 0 Å². The molecule has 0 heterocycles. The molecule has 6 aromatic rings. The third-order valence-corrected chi connectivity index (χ3v) is 12.3.